The first-order valence-electron chi connectivity index (χ1n) is 8.62. The van der Waals surface area contributed by atoms with Crippen molar-refractivity contribution >= 4 is 51.1 Å². The first kappa shape index (κ1) is 19.2. The van der Waals surface area contributed by atoms with E-state index in [0.29, 0.717) is 22.8 Å². The van der Waals surface area contributed by atoms with Crippen molar-refractivity contribution in [3.63, 3.8) is 0 Å². The van der Waals surface area contributed by atoms with Gasteiger partial charge in [0, 0.05) is 16.6 Å². The predicted octanol–water partition coefficient (Wildman–Crippen LogP) is 4.26. The largest absolute Gasteiger partial charge is 0.381 e. The summed E-state index contributed by atoms with van der Waals surface area (Å²) in [5.74, 6) is 5.65. The Kier molecular flexibility index (Phi) is 6.02. The zero-order valence-corrected chi connectivity index (χ0v) is 16.1. The Bertz CT molecular complexity index is 785. The maximum Gasteiger partial charge on any atom is 0.264 e. The van der Waals surface area contributed by atoms with Gasteiger partial charge in [-0.3, -0.25) is 15.6 Å². The summed E-state index contributed by atoms with van der Waals surface area (Å²) in [7, 11) is 0. The number of nitrogen functional groups attached to an aromatic ring is 1. The van der Waals surface area contributed by atoms with Crippen LogP contribution in [0.1, 0.15) is 50.2 Å². The molecule has 0 saturated heterocycles. The SMILES string of the molecule is C=Nc1ccc2sc3c(c2c1NN)NCC(C)(CCC)NC3=O.CC. The number of carbonyl (C=O) groups excluding carboxylic acids is 1. The minimum Gasteiger partial charge on any atom is -0.381 e. The van der Waals surface area contributed by atoms with Crippen LogP contribution in [0.15, 0.2) is 17.1 Å². The van der Waals surface area contributed by atoms with Gasteiger partial charge >= 0.3 is 0 Å². The van der Waals surface area contributed by atoms with Gasteiger partial charge in [-0.2, -0.15) is 0 Å². The van der Waals surface area contributed by atoms with Gasteiger partial charge in [-0.15, -0.1) is 11.3 Å². The second-order valence-electron chi connectivity index (χ2n) is 6.06. The summed E-state index contributed by atoms with van der Waals surface area (Å²) >= 11 is 1.46. The average molecular weight is 362 g/mol. The maximum atomic E-state index is 12.7. The Morgan fingerprint density at radius 1 is 1.44 bits per heavy atom. The molecule has 0 spiro atoms. The quantitative estimate of drug-likeness (QED) is 0.372. The third kappa shape index (κ3) is 3.48. The molecule has 3 rings (SSSR count). The summed E-state index contributed by atoms with van der Waals surface area (Å²) in [4.78, 5) is 17.4. The lowest BCUT2D eigenvalue weighted by molar-refractivity contribution is 0.0915. The molecule has 25 heavy (non-hydrogen) atoms. The van der Waals surface area contributed by atoms with Gasteiger partial charge in [-0.1, -0.05) is 27.2 Å². The van der Waals surface area contributed by atoms with Crippen LogP contribution in [-0.4, -0.2) is 24.7 Å². The van der Waals surface area contributed by atoms with E-state index in [1.54, 1.807) is 0 Å². The fraction of sp³-hybridized carbons (Fsp3) is 0.444. The van der Waals surface area contributed by atoms with Gasteiger partial charge in [0.1, 0.15) is 4.88 Å². The molecule has 136 valence electrons. The van der Waals surface area contributed by atoms with Gasteiger partial charge in [-0.05, 0) is 32.2 Å². The van der Waals surface area contributed by atoms with Gasteiger partial charge < -0.3 is 16.1 Å². The number of rotatable bonds is 4. The van der Waals surface area contributed by atoms with E-state index in [4.69, 9.17) is 5.84 Å². The molecule has 6 nitrogen and oxygen atoms in total. The van der Waals surface area contributed by atoms with Gasteiger partial charge in [-0.25, -0.2) is 0 Å². The molecule has 2 aromatic rings. The second-order valence-corrected chi connectivity index (χ2v) is 7.11. The number of fused-ring (bicyclic) bond motifs is 3. The van der Waals surface area contributed by atoms with Crippen molar-refractivity contribution in [2.45, 2.75) is 46.1 Å². The fourth-order valence-electron chi connectivity index (χ4n) is 3.15. The molecular formula is C18H27N5OS. The molecule has 0 bridgehead atoms. The highest BCUT2D eigenvalue weighted by Crippen LogP contribution is 2.45. The fourth-order valence-corrected chi connectivity index (χ4v) is 4.23. The normalized spacial score (nSPS) is 19.0. The van der Waals surface area contributed by atoms with E-state index < -0.39 is 0 Å². The highest BCUT2D eigenvalue weighted by molar-refractivity contribution is 7.21. The Labute approximate surface area is 152 Å². The number of carbonyl (C=O) groups is 1. The summed E-state index contributed by atoms with van der Waals surface area (Å²) < 4.78 is 0.983. The van der Waals surface area contributed by atoms with Crippen LogP contribution in [0.5, 0.6) is 0 Å². The lowest BCUT2D eigenvalue weighted by atomic mass is 9.96. The molecule has 2 heterocycles. The Morgan fingerprint density at radius 2 is 2.16 bits per heavy atom. The lowest BCUT2D eigenvalue weighted by Crippen LogP contribution is -2.48. The maximum absolute atomic E-state index is 12.7. The number of amides is 1. The Morgan fingerprint density at radius 3 is 2.76 bits per heavy atom. The second kappa shape index (κ2) is 7.84. The molecule has 5 N–H and O–H groups in total. The van der Waals surface area contributed by atoms with Crippen molar-refractivity contribution in [3.8, 4) is 0 Å². The Balaban J connectivity index is 0.00000109. The number of anilines is 2. The molecule has 0 fully saturated rings. The number of hydrazine groups is 1. The van der Waals surface area contributed by atoms with Gasteiger partial charge in [0.05, 0.1) is 22.6 Å². The van der Waals surface area contributed by atoms with Crippen LogP contribution >= 0.6 is 11.3 Å². The molecule has 1 unspecified atom stereocenters. The van der Waals surface area contributed by atoms with E-state index in [9.17, 15) is 4.79 Å². The summed E-state index contributed by atoms with van der Waals surface area (Å²) in [5.41, 5.74) is 4.62. The number of nitrogens with one attached hydrogen (secondary N) is 3. The van der Waals surface area contributed by atoms with Crippen molar-refractivity contribution < 1.29 is 4.79 Å². The number of nitrogens with two attached hydrogens (primary N) is 1. The van der Waals surface area contributed by atoms with Crippen molar-refractivity contribution in [1.82, 2.24) is 5.32 Å². The minimum atomic E-state index is -0.262. The van der Waals surface area contributed by atoms with Crippen molar-refractivity contribution in [2.24, 2.45) is 10.8 Å². The van der Waals surface area contributed by atoms with Crippen LogP contribution in [0.25, 0.3) is 10.1 Å². The number of hydrogen-bond acceptors (Lipinski definition) is 6. The average Bonchev–Trinajstić information content (AvgIpc) is 2.94. The van der Waals surface area contributed by atoms with Crippen LogP contribution in [-0.2, 0) is 0 Å². The highest BCUT2D eigenvalue weighted by atomic mass is 32.1. The smallest absolute Gasteiger partial charge is 0.264 e. The molecule has 7 heteroatoms. The lowest BCUT2D eigenvalue weighted by Gasteiger charge is -2.28. The number of benzene rings is 1. The molecule has 1 atom stereocenters. The number of thiophene rings is 1. The first-order valence-corrected chi connectivity index (χ1v) is 9.44. The van der Waals surface area contributed by atoms with E-state index >= 15 is 0 Å². The summed E-state index contributed by atoms with van der Waals surface area (Å²) in [6.07, 6.45) is 1.92. The molecular weight excluding hydrogens is 334 g/mol. The first-order chi connectivity index (χ1) is 12.0. The van der Waals surface area contributed by atoms with Gasteiger partial charge in [0.25, 0.3) is 5.91 Å². The highest BCUT2D eigenvalue weighted by Gasteiger charge is 2.33. The Hall–Kier alpha value is -2.12. The molecule has 1 aromatic carbocycles. The molecule has 1 aromatic heterocycles. The molecule has 0 radical (unpaired) electrons. The summed E-state index contributed by atoms with van der Waals surface area (Å²) in [6, 6.07) is 3.79. The third-order valence-electron chi connectivity index (χ3n) is 4.23. The van der Waals surface area contributed by atoms with E-state index in [-0.39, 0.29) is 11.4 Å². The molecule has 1 aliphatic heterocycles. The number of nitrogens with zero attached hydrogens (tertiary/aromatic N) is 1. The van der Waals surface area contributed by atoms with Crippen LogP contribution in [0.2, 0.25) is 0 Å². The van der Waals surface area contributed by atoms with Crippen LogP contribution in [0.4, 0.5) is 17.1 Å². The third-order valence-corrected chi connectivity index (χ3v) is 5.38. The predicted molar refractivity (Wildman–Crippen MR) is 109 cm³/mol. The van der Waals surface area contributed by atoms with Crippen LogP contribution in [0.3, 0.4) is 0 Å². The van der Waals surface area contributed by atoms with Crippen molar-refractivity contribution in [3.05, 3.63) is 17.0 Å². The zero-order chi connectivity index (χ0) is 18.6. The van der Waals surface area contributed by atoms with Gasteiger partial charge in [0.15, 0.2) is 0 Å². The molecule has 1 amide bonds. The monoisotopic (exact) mass is 361 g/mol. The molecule has 0 aliphatic carbocycles. The van der Waals surface area contributed by atoms with E-state index in [2.05, 4.69) is 41.6 Å². The standard InChI is InChI=1S/C16H21N5OS.C2H6/c1-4-7-16(2)8-19-13-11-10(23-14(13)15(22)20-16)6-5-9(18-3)12(11)21-17;1-2/h5-6,19,21H,3-4,7-8,17H2,1-2H3,(H,20,22);1-2H3. The zero-order valence-electron chi connectivity index (χ0n) is 15.3. The summed E-state index contributed by atoms with van der Waals surface area (Å²) in [5, 5.41) is 7.51. The van der Waals surface area contributed by atoms with Crippen LogP contribution in [0, 0.1) is 0 Å². The number of hydrogen-bond donors (Lipinski definition) is 4. The minimum absolute atomic E-state index is 0.0433. The van der Waals surface area contributed by atoms with Gasteiger partial charge in [0.2, 0.25) is 0 Å². The van der Waals surface area contributed by atoms with E-state index in [1.807, 2.05) is 26.0 Å². The van der Waals surface area contributed by atoms with E-state index in [1.165, 1.54) is 11.3 Å². The van der Waals surface area contributed by atoms with E-state index in [0.717, 1.165) is 28.6 Å². The topological polar surface area (TPSA) is 91.5 Å². The molecule has 1 aliphatic rings. The number of aliphatic imine (C=N–C) groups is 1. The van der Waals surface area contributed by atoms with Crippen molar-refractivity contribution in [1.29, 1.82) is 0 Å². The van der Waals surface area contributed by atoms with Crippen LogP contribution < -0.4 is 21.9 Å². The summed E-state index contributed by atoms with van der Waals surface area (Å²) in [6.45, 7) is 12.4. The molecule has 0 saturated carbocycles. The van der Waals surface area contributed by atoms with Crippen molar-refractivity contribution in [2.75, 3.05) is 17.3 Å².